The first-order valence-corrected chi connectivity index (χ1v) is 4.29. The molecule has 0 spiro atoms. The van der Waals surface area contributed by atoms with Crippen LogP contribution in [0.15, 0.2) is 12.2 Å². The van der Waals surface area contributed by atoms with Gasteiger partial charge in [0.15, 0.2) is 0 Å². The molecule has 64 valence electrons. The minimum Gasteiger partial charge on any atom is -0.481 e. The molecular formula is C8H14O2S. The SMILES string of the molecule is CC(/C=C/CCS)CC(=O)O. The molecule has 0 rings (SSSR count). The van der Waals surface area contributed by atoms with E-state index in [2.05, 4.69) is 12.6 Å². The van der Waals surface area contributed by atoms with Crippen LogP contribution in [0.4, 0.5) is 0 Å². The van der Waals surface area contributed by atoms with E-state index in [9.17, 15) is 4.79 Å². The number of carboxylic acids is 1. The Labute approximate surface area is 72.7 Å². The van der Waals surface area contributed by atoms with Crippen molar-refractivity contribution in [1.29, 1.82) is 0 Å². The van der Waals surface area contributed by atoms with Crippen molar-refractivity contribution in [3.8, 4) is 0 Å². The first kappa shape index (κ1) is 10.6. The molecule has 1 N–H and O–H groups in total. The van der Waals surface area contributed by atoms with Crippen LogP contribution in [0.25, 0.3) is 0 Å². The second-order valence-corrected chi connectivity index (χ2v) is 2.96. The lowest BCUT2D eigenvalue weighted by molar-refractivity contribution is -0.137. The molecule has 0 aromatic rings. The number of aliphatic carboxylic acids is 1. The highest BCUT2D eigenvalue weighted by atomic mass is 32.1. The number of rotatable bonds is 5. The van der Waals surface area contributed by atoms with Crippen molar-refractivity contribution in [1.82, 2.24) is 0 Å². The quantitative estimate of drug-likeness (QED) is 0.494. The monoisotopic (exact) mass is 174 g/mol. The number of carbonyl (C=O) groups is 1. The molecule has 1 unspecified atom stereocenters. The van der Waals surface area contributed by atoms with E-state index < -0.39 is 5.97 Å². The Morgan fingerprint density at radius 2 is 2.36 bits per heavy atom. The summed E-state index contributed by atoms with van der Waals surface area (Å²) in [6.45, 7) is 1.89. The molecule has 0 saturated heterocycles. The summed E-state index contributed by atoms with van der Waals surface area (Å²) in [7, 11) is 0. The van der Waals surface area contributed by atoms with E-state index in [1.165, 1.54) is 0 Å². The molecule has 0 bridgehead atoms. The molecule has 0 heterocycles. The standard InChI is InChI=1S/C8H14O2S/c1-7(6-8(9)10)4-2-3-5-11/h2,4,7,11H,3,5-6H2,1H3,(H,9,10)/b4-2+. The summed E-state index contributed by atoms with van der Waals surface area (Å²) >= 11 is 4.03. The van der Waals surface area contributed by atoms with Gasteiger partial charge in [-0.05, 0) is 18.1 Å². The molecule has 11 heavy (non-hydrogen) atoms. The minimum absolute atomic E-state index is 0.132. The summed E-state index contributed by atoms with van der Waals surface area (Å²) in [4.78, 5) is 10.2. The molecule has 0 fully saturated rings. The fraction of sp³-hybridized carbons (Fsp3) is 0.625. The highest BCUT2D eigenvalue weighted by Gasteiger charge is 2.01. The molecule has 0 aliphatic carbocycles. The van der Waals surface area contributed by atoms with E-state index in [4.69, 9.17) is 5.11 Å². The Hall–Kier alpha value is -0.440. The van der Waals surface area contributed by atoms with E-state index in [1.54, 1.807) is 0 Å². The molecule has 0 saturated carbocycles. The fourth-order valence-corrected chi connectivity index (χ4v) is 0.896. The lowest BCUT2D eigenvalue weighted by atomic mass is 10.1. The highest BCUT2D eigenvalue weighted by molar-refractivity contribution is 7.80. The lowest BCUT2D eigenvalue weighted by Crippen LogP contribution is -2.00. The largest absolute Gasteiger partial charge is 0.481 e. The molecule has 0 aliphatic rings. The van der Waals surface area contributed by atoms with E-state index in [0.717, 1.165) is 12.2 Å². The summed E-state index contributed by atoms with van der Waals surface area (Å²) in [5.74, 6) is 0.205. The van der Waals surface area contributed by atoms with Gasteiger partial charge in [0, 0.05) is 0 Å². The minimum atomic E-state index is -0.743. The predicted molar refractivity (Wildman–Crippen MR) is 49.0 cm³/mol. The topological polar surface area (TPSA) is 37.3 Å². The van der Waals surface area contributed by atoms with Gasteiger partial charge in [-0.15, -0.1) is 0 Å². The van der Waals surface area contributed by atoms with Gasteiger partial charge in [-0.2, -0.15) is 12.6 Å². The molecule has 0 aromatic heterocycles. The van der Waals surface area contributed by atoms with Gasteiger partial charge in [-0.25, -0.2) is 0 Å². The van der Waals surface area contributed by atoms with Crippen molar-refractivity contribution in [2.24, 2.45) is 5.92 Å². The number of carboxylic acid groups (broad SMARTS) is 1. The fourth-order valence-electron chi connectivity index (χ4n) is 0.747. The second kappa shape index (κ2) is 6.28. The maximum atomic E-state index is 10.2. The third-order valence-electron chi connectivity index (χ3n) is 1.26. The van der Waals surface area contributed by atoms with Gasteiger partial charge in [-0.3, -0.25) is 4.79 Å². The molecule has 1 atom stereocenters. The Balaban J connectivity index is 3.50. The molecule has 0 amide bonds. The van der Waals surface area contributed by atoms with Crippen LogP contribution < -0.4 is 0 Å². The van der Waals surface area contributed by atoms with Gasteiger partial charge < -0.3 is 5.11 Å². The van der Waals surface area contributed by atoms with Gasteiger partial charge in [0.1, 0.15) is 0 Å². The van der Waals surface area contributed by atoms with Crippen molar-refractivity contribution in [2.75, 3.05) is 5.75 Å². The summed E-state index contributed by atoms with van der Waals surface area (Å²) in [5, 5.41) is 8.39. The maximum absolute atomic E-state index is 10.2. The van der Waals surface area contributed by atoms with Crippen molar-refractivity contribution in [3.63, 3.8) is 0 Å². The van der Waals surface area contributed by atoms with Crippen LogP contribution in [0.5, 0.6) is 0 Å². The zero-order valence-electron chi connectivity index (χ0n) is 6.66. The Kier molecular flexibility index (Phi) is 6.03. The summed E-state index contributed by atoms with van der Waals surface area (Å²) in [6, 6.07) is 0. The highest BCUT2D eigenvalue weighted by Crippen LogP contribution is 2.03. The van der Waals surface area contributed by atoms with Crippen LogP contribution >= 0.6 is 12.6 Å². The number of hydrogen-bond acceptors (Lipinski definition) is 2. The van der Waals surface area contributed by atoms with Crippen LogP contribution in [0, 0.1) is 5.92 Å². The summed E-state index contributed by atoms with van der Waals surface area (Å²) < 4.78 is 0. The van der Waals surface area contributed by atoms with Crippen molar-refractivity contribution < 1.29 is 9.90 Å². The van der Waals surface area contributed by atoms with E-state index in [0.29, 0.717) is 0 Å². The van der Waals surface area contributed by atoms with E-state index >= 15 is 0 Å². The molecule has 3 heteroatoms. The lowest BCUT2D eigenvalue weighted by Gasteiger charge is -1.99. The Morgan fingerprint density at radius 3 is 2.82 bits per heavy atom. The third kappa shape index (κ3) is 7.46. The first-order chi connectivity index (χ1) is 5.16. The average molecular weight is 174 g/mol. The Morgan fingerprint density at radius 1 is 1.73 bits per heavy atom. The molecule has 0 radical (unpaired) electrons. The average Bonchev–Trinajstić information content (AvgIpc) is 1.86. The smallest absolute Gasteiger partial charge is 0.303 e. The van der Waals surface area contributed by atoms with Crippen molar-refractivity contribution in [3.05, 3.63) is 12.2 Å². The number of thiol groups is 1. The maximum Gasteiger partial charge on any atom is 0.303 e. The van der Waals surface area contributed by atoms with E-state index in [-0.39, 0.29) is 12.3 Å². The van der Waals surface area contributed by atoms with Gasteiger partial charge in [0.2, 0.25) is 0 Å². The van der Waals surface area contributed by atoms with E-state index in [1.807, 2.05) is 19.1 Å². The summed E-state index contributed by atoms with van der Waals surface area (Å²) in [5.41, 5.74) is 0. The predicted octanol–water partition coefficient (Wildman–Crippen LogP) is 1.97. The molecule has 0 aromatic carbocycles. The van der Waals surface area contributed by atoms with Crippen molar-refractivity contribution >= 4 is 18.6 Å². The van der Waals surface area contributed by atoms with Gasteiger partial charge in [-0.1, -0.05) is 19.1 Å². The summed E-state index contributed by atoms with van der Waals surface area (Å²) in [6.07, 6.45) is 5.01. The van der Waals surface area contributed by atoms with Crippen molar-refractivity contribution in [2.45, 2.75) is 19.8 Å². The van der Waals surface area contributed by atoms with Crippen LogP contribution in [0.2, 0.25) is 0 Å². The zero-order chi connectivity index (χ0) is 8.69. The van der Waals surface area contributed by atoms with Gasteiger partial charge in [0.05, 0.1) is 6.42 Å². The molecular weight excluding hydrogens is 160 g/mol. The van der Waals surface area contributed by atoms with Crippen LogP contribution in [0.3, 0.4) is 0 Å². The number of allylic oxidation sites excluding steroid dienone is 2. The first-order valence-electron chi connectivity index (χ1n) is 3.66. The van der Waals surface area contributed by atoms with Crippen LogP contribution in [0.1, 0.15) is 19.8 Å². The van der Waals surface area contributed by atoms with Gasteiger partial charge >= 0.3 is 5.97 Å². The molecule has 2 nitrogen and oxygen atoms in total. The normalized spacial score (nSPS) is 13.6. The third-order valence-corrected chi connectivity index (χ3v) is 1.52. The van der Waals surface area contributed by atoms with Crippen LogP contribution in [-0.2, 0) is 4.79 Å². The van der Waals surface area contributed by atoms with Crippen LogP contribution in [-0.4, -0.2) is 16.8 Å². The molecule has 0 aliphatic heterocycles. The second-order valence-electron chi connectivity index (χ2n) is 2.52. The zero-order valence-corrected chi connectivity index (χ0v) is 7.55. The van der Waals surface area contributed by atoms with Gasteiger partial charge in [0.25, 0.3) is 0 Å². The number of hydrogen-bond donors (Lipinski definition) is 2. The Bertz CT molecular complexity index is 143.